The lowest BCUT2D eigenvalue weighted by Gasteiger charge is -2.23. The van der Waals surface area contributed by atoms with Crippen molar-refractivity contribution < 1.29 is 4.79 Å². The van der Waals surface area contributed by atoms with E-state index in [1.807, 2.05) is 35.9 Å². The van der Waals surface area contributed by atoms with Crippen LogP contribution in [0.15, 0.2) is 42.6 Å². The number of para-hydroxylation sites is 1. The highest BCUT2D eigenvalue weighted by Crippen LogP contribution is 2.19. The molecule has 0 saturated heterocycles. The van der Waals surface area contributed by atoms with Crippen molar-refractivity contribution in [1.29, 1.82) is 0 Å². The number of aryl methyl sites for hydroxylation is 1. The number of nitrogens with one attached hydrogen (secondary N) is 1. The first-order valence-electron chi connectivity index (χ1n) is 9.94. The van der Waals surface area contributed by atoms with Gasteiger partial charge in [-0.25, -0.2) is 9.67 Å². The van der Waals surface area contributed by atoms with Crippen molar-refractivity contribution in [2.24, 2.45) is 0 Å². The quantitative estimate of drug-likeness (QED) is 0.602. The van der Waals surface area contributed by atoms with Crippen LogP contribution in [0.2, 0.25) is 0 Å². The minimum Gasteiger partial charge on any atom is -0.372 e. The summed E-state index contributed by atoms with van der Waals surface area (Å²) >= 11 is 0. The number of amides is 1. The maximum atomic E-state index is 12.6. The Bertz CT molecular complexity index is 933. The first-order chi connectivity index (χ1) is 13.5. The number of carbonyl (C=O) groups excluding carboxylic acids is 1. The summed E-state index contributed by atoms with van der Waals surface area (Å²) in [5.74, 6) is -0.0769. The number of hydrogen-bond donors (Lipinski definition) is 1. The van der Waals surface area contributed by atoms with Crippen LogP contribution in [0.4, 0.5) is 5.69 Å². The van der Waals surface area contributed by atoms with Crippen molar-refractivity contribution in [2.45, 2.75) is 40.2 Å². The maximum absolute atomic E-state index is 12.6. The van der Waals surface area contributed by atoms with Crippen LogP contribution in [0.5, 0.6) is 0 Å². The lowest BCUT2D eigenvalue weighted by molar-refractivity contribution is 0.0952. The standard InChI is InChI=1S/C22H29N5O/c1-5-26(19-10-7-6-8-11-19)13-9-12-23-22(28)20-14-18-15-24-27(16(2)3)21(18)25-17(20)4/h6-8,10-11,14-16H,5,9,12-13H2,1-4H3,(H,23,28). The number of carbonyl (C=O) groups is 1. The molecule has 1 N–H and O–H groups in total. The number of nitrogens with zero attached hydrogens (tertiary/aromatic N) is 4. The fourth-order valence-electron chi connectivity index (χ4n) is 3.35. The van der Waals surface area contributed by atoms with Crippen LogP contribution in [0, 0.1) is 6.92 Å². The number of anilines is 1. The van der Waals surface area contributed by atoms with Gasteiger partial charge in [-0.15, -0.1) is 0 Å². The van der Waals surface area contributed by atoms with E-state index in [9.17, 15) is 4.79 Å². The Morgan fingerprint density at radius 3 is 2.68 bits per heavy atom. The van der Waals surface area contributed by atoms with Gasteiger partial charge in [0.25, 0.3) is 5.91 Å². The highest BCUT2D eigenvalue weighted by molar-refractivity contribution is 5.98. The first-order valence-corrected chi connectivity index (χ1v) is 9.94. The van der Waals surface area contributed by atoms with E-state index in [4.69, 9.17) is 0 Å². The molecule has 6 nitrogen and oxygen atoms in total. The Morgan fingerprint density at radius 1 is 1.25 bits per heavy atom. The number of rotatable bonds is 8. The molecule has 6 heteroatoms. The summed E-state index contributed by atoms with van der Waals surface area (Å²) in [5, 5.41) is 8.31. The molecule has 28 heavy (non-hydrogen) atoms. The molecule has 1 amide bonds. The number of fused-ring (bicyclic) bond motifs is 1. The van der Waals surface area contributed by atoms with Crippen molar-refractivity contribution in [1.82, 2.24) is 20.1 Å². The first kappa shape index (κ1) is 19.9. The smallest absolute Gasteiger partial charge is 0.253 e. The van der Waals surface area contributed by atoms with Crippen molar-refractivity contribution in [3.63, 3.8) is 0 Å². The fraction of sp³-hybridized carbons (Fsp3) is 0.409. The predicted molar refractivity (Wildman–Crippen MR) is 114 cm³/mol. The van der Waals surface area contributed by atoms with Gasteiger partial charge in [0.15, 0.2) is 5.65 Å². The maximum Gasteiger partial charge on any atom is 0.253 e. The SMILES string of the molecule is CCN(CCCNC(=O)c1cc2cnn(C(C)C)c2nc1C)c1ccccc1. The van der Waals surface area contributed by atoms with Crippen LogP contribution in [0.25, 0.3) is 11.0 Å². The Balaban J connectivity index is 1.60. The highest BCUT2D eigenvalue weighted by Gasteiger charge is 2.15. The van der Waals surface area contributed by atoms with Crippen molar-refractivity contribution >= 4 is 22.6 Å². The average Bonchev–Trinajstić information content (AvgIpc) is 3.11. The zero-order valence-electron chi connectivity index (χ0n) is 17.1. The molecule has 0 fully saturated rings. The lowest BCUT2D eigenvalue weighted by Crippen LogP contribution is -2.30. The molecule has 0 atom stereocenters. The summed E-state index contributed by atoms with van der Waals surface area (Å²) in [6, 6.07) is 12.5. The molecule has 0 radical (unpaired) electrons. The van der Waals surface area contributed by atoms with Gasteiger partial charge in [-0.1, -0.05) is 18.2 Å². The van der Waals surface area contributed by atoms with Gasteiger partial charge in [0, 0.05) is 36.7 Å². The van der Waals surface area contributed by atoms with Crippen molar-refractivity contribution in [3.8, 4) is 0 Å². The van der Waals surface area contributed by atoms with Gasteiger partial charge in [-0.3, -0.25) is 4.79 Å². The Morgan fingerprint density at radius 2 is 2.00 bits per heavy atom. The predicted octanol–water partition coefficient (Wildman–Crippen LogP) is 3.97. The Kier molecular flexibility index (Phi) is 6.29. The third kappa shape index (κ3) is 4.32. The highest BCUT2D eigenvalue weighted by atomic mass is 16.1. The van der Waals surface area contributed by atoms with Crippen molar-refractivity contribution in [2.75, 3.05) is 24.5 Å². The molecular formula is C22H29N5O. The Hall–Kier alpha value is -2.89. The molecular weight excluding hydrogens is 350 g/mol. The normalized spacial score (nSPS) is 11.2. The minimum atomic E-state index is -0.0769. The van der Waals surface area contributed by atoms with E-state index in [0.29, 0.717) is 12.1 Å². The van der Waals surface area contributed by atoms with Crippen molar-refractivity contribution in [3.05, 3.63) is 53.9 Å². The molecule has 1 aromatic carbocycles. The van der Waals surface area contributed by atoms with Gasteiger partial charge in [0.1, 0.15) is 0 Å². The van der Waals surface area contributed by atoms with E-state index >= 15 is 0 Å². The summed E-state index contributed by atoms with van der Waals surface area (Å²) in [6.07, 6.45) is 2.66. The molecule has 0 bridgehead atoms. The molecule has 0 saturated carbocycles. The molecule has 0 aliphatic rings. The number of pyridine rings is 1. The zero-order chi connectivity index (χ0) is 20.1. The summed E-state index contributed by atoms with van der Waals surface area (Å²) < 4.78 is 1.88. The summed E-state index contributed by atoms with van der Waals surface area (Å²) in [4.78, 5) is 19.6. The van der Waals surface area contributed by atoms with Gasteiger partial charge in [0.05, 0.1) is 17.5 Å². The molecule has 3 aromatic rings. The van der Waals surface area contributed by atoms with Gasteiger partial charge in [-0.2, -0.15) is 5.10 Å². The summed E-state index contributed by atoms with van der Waals surface area (Å²) in [5.41, 5.74) is 3.38. The number of hydrogen-bond acceptors (Lipinski definition) is 4. The summed E-state index contributed by atoms with van der Waals surface area (Å²) in [7, 11) is 0. The average molecular weight is 380 g/mol. The molecule has 0 aliphatic heterocycles. The van der Waals surface area contributed by atoms with Gasteiger partial charge in [-0.05, 0) is 52.3 Å². The Labute approximate surface area is 166 Å². The van der Waals surface area contributed by atoms with Crippen LogP contribution in [0.1, 0.15) is 49.3 Å². The monoisotopic (exact) mass is 379 g/mol. The lowest BCUT2D eigenvalue weighted by atomic mass is 10.1. The van der Waals surface area contributed by atoms with E-state index in [-0.39, 0.29) is 11.9 Å². The minimum absolute atomic E-state index is 0.0769. The molecule has 0 spiro atoms. The molecule has 3 rings (SSSR count). The molecule has 0 aliphatic carbocycles. The second-order valence-electron chi connectivity index (χ2n) is 7.24. The van der Waals surface area contributed by atoms with Crippen LogP contribution < -0.4 is 10.2 Å². The van der Waals surface area contributed by atoms with Crippen LogP contribution in [0.3, 0.4) is 0 Å². The van der Waals surface area contributed by atoms with E-state index in [1.54, 1.807) is 6.20 Å². The van der Waals surface area contributed by atoms with Crippen LogP contribution in [-0.2, 0) is 0 Å². The molecule has 2 heterocycles. The van der Waals surface area contributed by atoms with Crippen LogP contribution >= 0.6 is 0 Å². The van der Waals surface area contributed by atoms with Crippen LogP contribution in [-0.4, -0.2) is 40.3 Å². The topological polar surface area (TPSA) is 63.1 Å². The van der Waals surface area contributed by atoms with E-state index < -0.39 is 0 Å². The second kappa shape index (κ2) is 8.87. The van der Waals surface area contributed by atoms with Gasteiger partial charge in [0.2, 0.25) is 0 Å². The number of benzene rings is 1. The molecule has 2 aromatic heterocycles. The van der Waals surface area contributed by atoms with Gasteiger partial charge >= 0.3 is 0 Å². The molecule has 148 valence electrons. The van der Waals surface area contributed by atoms with E-state index in [2.05, 4.69) is 53.2 Å². The largest absolute Gasteiger partial charge is 0.372 e. The third-order valence-electron chi connectivity index (χ3n) is 4.89. The number of aromatic nitrogens is 3. The molecule has 0 unspecified atom stereocenters. The van der Waals surface area contributed by atoms with E-state index in [1.165, 1.54) is 5.69 Å². The fourth-order valence-corrected chi connectivity index (χ4v) is 3.35. The third-order valence-corrected chi connectivity index (χ3v) is 4.89. The van der Waals surface area contributed by atoms with E-state index in [0.717, 1.165) is 36.2 Å². The second-order valence-corrected chi connectivity index (χ2v) is 7.24. The zero-order valence-corrected chi connectivity index (χ0v) is 17.1. The van der Waals surface area contributed by atoms with Gasteiger partial charge < -0.3 is 10.2 Å². The summed E-state index contributed by atoms with van der Waals surface area (Å²) in [6.45, 7) is 10.6.